The molecular formula is C53H31NOS. The van der Waals surface area contributed by atoms with E-state index < -0.39 is 5.41 Å². The topological polar surface area (TPSA) is 16.4 Å². The Morgan fingerprint density at radius 3 is 1.73 bits per heavy atom. The largest absolute Gasteiger partial charge is 0.456 e. The van der Waals surface area contributed by atoms with Gasteiger partial charge < -0.3 is 9.32 Å². The molecule has 13 rings (SSSR count). The van der Waals surface area contributed by atoms with E-state index in [0.29, 0.717) is 0 Å². The number of furan rings is 1. The molecule has 2 aromatic heterocycles. The van der Waals surface area contributed by atoms with Crippen LogP contribution in [0.25, 0.3) is 75.1 Å². The van der Waals surface area contributed by atoms with Gasteiger partial charge in [-0.15, -0.1) is 11.3 Å². The standard InChI is InChI=1S/C53H31NOS/c1-2-14-33-29-34(26-25-32(33)13-1)54(46-31-48-51(40-18-6-11-23-47(40)55-48)52-50(46)41-19-7-12-24-49(41)56-52)35-27-28-39-38-17-5-10-22-44(38)53(45(39)30-35)42-20-8-3-15-36(42)37-16-4-9-21-43(37)53/h1-31H. The first-order valence-corrected chi connectivity index (χ1v) is 20.1. The van der Waals surface area contributed by atoms with Crippen molar-refractivity contribution in [2.45, 2.75) is 5.41 Å². The minimum absolute atomic E-state index is 0.447. The number of anilines is 3. The summed E-state index contributed by atoms with van der Waals surface area (Å²) in [4.78, 5) is 2.49. The van der Waals surface area contributed by atoms with Gasteiger partial charge in [-0.05, 0) is 91.7 Å². The maximum absolute atomic E-state index is 6.74. The van der Waals surface area contributed by atoms with E-state index in [2.05, 4.69) is 193 Å². The molecule has 0 amide bonds. The van der Waals surface area contributed by atoms with Gasteiger partial charge in [0.15, 0.2) is 0 Å². The molecule has 11 aromatic rings. The summed E-state index contributed by atoms with van der Waals surface area (Å²) in [6, 6.07) is 69.5. The Kier molecular flexibility index (Phi) is 6.01. The molecule has 56 heavy (non-hydrogen) atoms. The fourth-order valence-electron chi connectivity index (χ4n) is 10.2. The molecule has 0 unspecified atom stereocenters. The molecule has 0 bridgehead atoms. The van der Waals surface area contributed by atoms with Crippen LogP contribution in [-0.4, -0.2) is 0 Å². The van der Waals surface area contributed by atoms with Crippen LogP contribution in [0.5, 0.6) is 0 Å². The van der Waals surface area contributed by atoms with Crippen LogP contribution in [0.1, 0.15) is 22.3 Å². The number of fused-ring (bicyclic) bond motifs is 18. The molecule has 260 valence electrons. The third-order valence-corrected chi connectivity index (χ3v) is 13.6. The highest BCUT2D eigenvalue weighted by molar-refractivity contribution is 7.27. The van der Waals surface area contributed by atoms with Gasteiger partial charge in [0, 0.05) is 48.4 Å². The molecule has 0 saturated heterocycles. The Bertz CT molecular complexity index is 3390. The summed E-state index contributed by atoms with van der Waals surface area (Å²) in [6.07, 6.45) is 0. The van der Waals surface area contributed by atoms with Crippen LogP contribution in [0, 0.1) is 0 Å². The number of hydrogen-bond acceptors (Lipinski definition) is 3. The van der Waals surface area contributed by atoms with Crippen molar-refractivity contribution in [3.63, 3.8) is 0 Å². The maximum atomic E-state index is 6.74. The van der Waals surface area contributed by atoms with Gasteiger partial charge in [0.1, 0.15) is 11.2 Å². The van der Waals surface area contributed by atoms with E-state index >= 15 is 0 Å². The first-order chi connectivity index (χ1) is 27.8. The molecule has 2 aliphatic carbocycles. The number of para-hydroxylation sites is 1. The molecule has 2 heterocycles. The monoisotopic (exact) mass is 729 g/mol. The summed E-state index contributed by atoms with van der Waals surface area (Å²) in [6.45, 7) is 0. The van der Waals surface area contributed by atoms with E-state index in [1.165, 1.54) is 80.8 Å². The van der Waals surface area contributed by atoms with Gasteiger partial charge in [-0.3, -0.25) is 0 Å². The average Bonchev–Trinajstić information content (AvgIpc) is 3.99. The van der Waals surface area contributed by atoms with E-state index in [4.69, 9.17) is 4.42 Å². The Labute approximate surface area is 327 Å². The van der Waals surface area contributed by atoms with Gasteiger partial charge in [0.2, 0.25) is 0 Å². The van der Waals surface area contributed by atoms with Crippen molar-refractivity contribution in [2.75, 3.05) is 4.90 Å². The third kappa shape index (κ3) is 3.85. The Morgan fingerprint density at radius 1 is 0.411 bits per heavy atom. The van der Waals surface area contributed by atoms with Crippen molar-refractivity contribution >= 4 is 81.3 Å². The summed E-state index contributed by atoms with van der Waals surface area (Å²) < 4.78 is 9.25. The molecule has 9 aromatic carbocycles. The molecule has 0 fully saturated rings. The van der Waals surface area contributed by atoms with Gasteiger partial charge in [-0.1, -0.05) is 146 Å². The molecule has 3 heteroatoms. The predicted octanol–water partition coefficient (Wildman–Crippen LogP) is 14.9. The van der Waals surface area contributed by atoms with Gasteiger partial charge in [-0.2, -0.15) is 0 Å². The fraction of sp³-hybridized carbons (Fsp3) is 0.0189. The van der Waals surface area contributed by atoms with Crippen LogP contribution in [0.15, 0.2) is 192 Å². The highest BCUT2D eigenvalue weighted by Gasteiger charge is 2.51. The smallest absolute Gasteiger partial charge is 0.138 e. The number of thiophene rings is 1. The Hall–Kier alpha value is -6.94. The van der Waals surface area contributed by atoms with E-state index in [1.54, 1.807) is 0 Å². The second-order valence-electron chi connectivity index (χ2n) is 15.2. The van der Waals surface area contributed by atoms with Crippen molar-refractivity contribution in [3.05, 3.63) is 210 Å². The minimum Gasteiger partial charge on any atom is -0.456 e. The van der Waals surface area contributed by atoms with E-state index in [1.807, 2.05) is 11.3 Å². The molecule has 0 saturated carbocycles. The molecule has 2 nitrogen and oxygen atoms in total. The van der Waals surface area contributed by atoms with Gasteiger partial charge in [0.25, 0.3) is 0 Å². The van der Waals surface area contributed by atoms with Crippen LogP contribution < -0.4 is 4.90 Å². The number of hydrogen-bond donors (Lipinski definition) is 0. The molecule has 0 radical (unpaired) electrons. The van der Waals surface area contributed by atoms with Crippen LogP contribution in [-0.2, 0) is 5.41 Å². The molecular weight excluding hydrogens is 699 g/mol. The molecule has 0 N–H and O–H groups in total. The van der Waals surface area contributed by atoms with Crippen molar-refractivity contribution < 1.29 is 4.42 Å². The highest BCUT2D eigenvalue weighted by Crippen LogP contribution is 2.63. The predicted molar refractivity (Wildman–Crippen MR) is 235 cm³/mol. The van der Waals surface area contributed by atoms with Crippen molar-refractivity contribution in [3.8, 4) is 22.3 Å². The normalized spacial score (nSPS) is 13.5. The van der Waals surface area contributed by atoms with E-state index in [-0.39, 0.29) is 0 Å². The second-order valence-corrected chi connectivity index (χ2v) is 16.2. The maximum Gasteiger partial charge on any atom is 0.138 e. The fourth-order valence-corrected chi connectivity index (χ4v) is 11.5. The average molecular weight is 730 g/mol. The lowest BCUT2D eigenvalue weighted by molar-refractivity contribution is 0.669. The van der Waals surface area contributed by atoms with E-state index in [0.717, 1.165) is 33.6 Å². The van der Waals surface area contributed by atoms with Crippen molar-refractivity contribution in [1.29, 1.82) is 0 Å². The van der Waals surface area contributed by atoms with E-state index in [9.17, 15) is 0 Å². The zero-order valence-electron chi connectivity index (χ0n) is 30.2. The Balaban J connectivity index is 1.16. The van der Waals surface area contributed by atoms with Gasteiger partial charge >= 0.3 is 0 Å². The Morgan fingerprint density at radius 2 is 0.982 bits per heavy atom. The summed E-state index contributed by atoms with van der Waals surface area (Å²) in [5.74, 6) is 0. The highest BCUT2D eigenvalue weighted by atomic mass is 32.1. The molecule has 0 atom stereocenters. The summed E-state index contributed by atoms with van der Waals surface area (Å²) >= 11 is 1.86. The van der Waals surface area contributed by atoms with Crippen LogP contribution in [0.3, 0.4) is 0 Å². The molecule has 0 aliphatic heterocycles. The van der Waals surface area contributed by atoms with Crippen LogP contribution in [0.2, 0.25) is 0 Å². The number of nitrogens with zero attached hydrogens (tertiary/aromatic N) is 1. The van der Waals surface area contributed by atoms with Crippen molar-refractivity contribution in [2.24, 2.45) is 0 Å². The van der Waals surface area contributed by atoms with Crippen molar-refractivity contribution in [1.82, 2.24) is 0 Å². The quantitative estimate of drug-likeness (QED) is 0.180. The second kappa shape index (κ2) is 11.1. The van der Waals surface area contributed by atoms with Gasteiger partial charge in [0.05, 0.1) is 11.1 Å². The van der Waals surface area contributed by atoms with Crippen LogP contribution >= 0.6 is 11.3 Å². The SMILES string of the molecule is c1ccc2c(c1)-c1ccccc1C21c2ccccc2-c2ccc(N(c3ccc4ccccc4c3)c3cc4oc5ccccc5c4c4sc5ccccc5c34)cc21. The zero-order chi connectivity index (χ0) is 36.5. The summed E-state index contributed by atoms with van der Waals surface area (Å²) in [5.41, 5.74) is 15.2. The zero-order valence-corrected chi connectivity index (χ0v) is 31.0. The first kappa shape index (κ1) is 30.4. The van der Waals surface area contributed by atoms with Crippen LogP contribution in [0.4, 0.5) is 17.1 Å². The summed E-state index contributed by atoms with van der Waals surface area (Å²) in [5, 5.41) is 7.25. The lowest BCUT2D eigenvalue weighted by atomic mass is 9.70. The lowest BCUT2D eigenvalue weighted by Gasteiger charge is -2.32. The first-order valence-electron chi connectivity index (χ1n) is 19.3. The molecule has 1 spiro atoms. The number of benzene rings is 9. The molecule has 2 aliphatic rings. The van der Waals surface area contributed by atoms with Gasteiger partial charge in [-0.25, -0.2) is 0 Å². The number of rotatable bonds is 3. The minimum atomic E-state index is -0.447. The third-order valence-electron chi connectivity index (χ3n) is 12.4. The summed E-state index contributed by atoms with van der Waals surface area (Å²) in [7, 11) is 0. The lowest BCUT2D eigenvalue weighted by Crippen LogP contribution is -2.26.